The van der Waals surface area contributed by atoms with Crippen LogP contribution in [0.2, 0.25) is 5.02 Å². The van der Waals surface area contributed by atoms with Crippen molar-refractivity contribution >= 4 is 17.6 Å². The van der Waals surface area contributed by atoms with E-state index in [0.29, 0.717) is 17.5 Å². The van der Waals surface area contributed by atoms with Gasteiger partial charge in [-0.1, -0.05) is 48.4 Å². The normalized spacial score (nSPS) is 18.2. The lowest BCUT2D eigenvalue weighted by Gasteiger charge is -2.40. The van der Waals surface area contributed by atoms with E-state index in [4.69, 9.17) is 16.3 Å². The van der Waals surface area contributed by atoms with Crippen molar-refractivity contribution in [1.82, 2.24) is 0 Å². The smallest absolute Gasteiger partial charge is 0.420 e. The summed E-state index contributed by atoms with van der Waals surface area (Å²) in [6.07, 6.45) is -2.10. The number of ether oxygens (including phenoxy) is 1. The second-order valence-electron chi connectivity index (χ2n) is 7.85. The maximum atomic E-state index is 14.2. The van der Waals surface area contributed by atoms with E-state index in [0.717, 1.165) is 12.8 Å². The highest BCUT2D eigenvalue weighted by atomic mass is 35.5. The predicted molar refractivity (Wildman–Crippen MR) is 103 cm³/mol. The Morgan fingerprint density at radius 1 is 1.21 bits per heavy atom. The summed E-state index contributed by atoms with van der Waals surface area (Å²) < 4.78 is 48.2. The third-order valence-electron chi connectivity index (χ3n) is 5.88. The minimum atomic E-state index is -4.79. The Balaban J connectivity index is 1.98. The zero-order chi connectivity index (χ0) is 20.8. The van der Waals surface area contributed by atoms with Gasteiger partial charge in [-0.2, -0.15) is 13.2 Å². The molecule has 2 aliphatic carbocycles. The first-order valence-electron chi connectivity index (χ1n) is 9.60. The van der Waals surface area contributed by atoms with Crippen LogP contribution >= 0.6 is 11.6 Å². The van der Waals surface area contributed by atoms with Gasteiger partial charge in [-0.05, 0) is 48.8 Å². The molecule has 0 amide bonds. The van der Waals surface area contributed by atoms with E-state index in [1.807, 2.05) is 0 Å². The molecule has 2 aromatic rings. The van der Waals surface area contributed by atoms with Crippen LogP contribution < -0.4 is 4.74 Å². The number of hydrogen-bond acceptors (Lipinski definition) is 2. The topological polar surface area (TPSA) is 46.5 Å². The van der Waals surface area contributed by atoms with Crippen molar-refractivity contribution in [3.05, 3.63) is 52.5 Å². The Morgan fingerprint density at radius 2 is 1.86 bits per heavy atom. The number of carboxylic acid groups (broad SMARTS) is 1. The standard InChI is InChI=1S/C22H20ClF3O3/c23-18-15(14-5-2-1-3-6-14)11-16(21(20(27)28)9-4-10-21)17(22(24,25)26)19(18)29-12-13-7-8-13/h1-3,5-6,11,13H,4,7-10,12H2,(H,27,28). The Labute approximate surface area is 171 Å². The molecule has 0 atom stereocenters. The molecular formula is C22H20ClF3O3. The minimum Gasteiger partial charge on any atom is -0.491 e. The molecule has 1 N–H and O–H groups in total. The molecule has 154 valence electrons. The molecule has 0 spiro atoms. The average molecular weight is 425 g/mol. The molecule has 2 fully saturated rings. The molecule has 0 heterocycles. The van der Waals surface area contributed by atoms with Gasteiger partial charge in [-0.3, -0.25) is 4.79 Å². The van der Waals surface area contributed by atoms with Gasteiger partial charge in [0.2, 0.25) is 0 Å². The molecule has 29 heavy (non-hydrogen) atoms. The maximum absolute atomic E-state index is 14.2. The lowest BCUT2D eigenvalue weighted by molar-refractivity contribution is -0.150. The van der Waals surface area contributed by atoms with Crippen LogP contribution in [0, 0.1) is 5.92 Å². The summed E-state index contributed by atoms with van der Waals surface area (Å²) in [4.78, 5) is 12.1. The fraction of sp³-hybridized carbons (Fsp3) is 0.409. The first-order chi connectivity index (χ1) is 13.7. The van der Waals surface area contributed by atoms with Crippen LogP contribution in [-0.4, -0.2) is 17.7 Å². The maximum Gasteiger partial charge on any atom is 0.420 e. The quantitative estimate of drug-likeness (QED) is 0.590. The van der Waals surface area contributed by atoms with Crippen molar-refractivity contribution in [3.8, 4) is 16.9 Å². The molecule has 2 aromatic carbocycles. The first-order valence-corrected chi connectivity index (χ1v) is 9.97. The summed E-state index contributed by atoms with van der Waals surface area (Å²) in [6.45, 7) is 0.139. The molecule has 3 nitrogen and oxygen atoms in total. The molecule has 4 rings (SSSR count). The Hall–Kier alpha value is -2.21. The van der Waals surface area contributed by atoms with Gasteiger partial charge in [0.05, 0.1) is 17.0 Å². The van der Waals surface area contributed by atoms with Crippen LogP contribution in [0.1, 0.15) is 43.2 Å². The largest absolute Gasteiger partial charge is 0.491 e. The average Bonchev–Trinajstić information content (AvgIpc) is 3.44. The summed E-state index contributed by atoms with van der Waals surface area (Å²) in [7, 11) is 0. The number of carboxylic acids is 1. The SMILES string of the molecule is O=C(O)C1(c2cc(-c3ccccc3)c(Cl)c(OCC3CC3)c2C(F)(F)F)CCC1. The van der Waals surface area contributed by atoms with E-state index < -0.39 is 28.9 Å². The highest BCUT2D eigenvalue weighted by molar-refractivity contribution is 6.35. The molecule has 0 unspecified atom stereocenters. The molecule has 7 heteroatoms. The number of rotatable bonds is 6. The fourth-order valence-electron chi connectivity index (χ4n) is 3.87. The Morgan fingerprint density at radius 3 is 2.34 bits per heavy atom. The van der Waals surface area contributed by atoms with Crippen LogP contribution in [0.5, 0.6) is 5.75 Å². The second kappa shape index (κ2) is 7.24. The third kappa shape index (κ3) is 3.59. The summed E-state index contributed by atoms with van der Waals surface area (Å²) in [6, 6.07) is 10.1. The number of halogens is 4. The third-order valence-corrected chi connectivity index (χ3v) is 6.26. The van der Waals surface area contributed by atoms with Gasteiger partial charge in [0.15, 0.2) is 5.75 Å². The molecular weight excluding hydrogens is 405 g/mol. The number of aliphatic carboxylic acids is 1. The zero-order valence-corrected chi connectivity index (χ0v) is 16.3. The van der Waals surface area contributed by atoms with E-state index in [2.05, 4.69) is 0 Å². The lowest BCUT2D eigenvalue weighted by atomic mass is 9.63. The van der Waals surface area contributed by atoms with Gasteiger partial charge in [-0.15, -0.1) is 0 Å². The van der Waals surface area contributed by atoms with Crippen LogP contribution in [0.15, 0.2) is 36.4 Å². The molecule has 2 saturated carbocycles. The Kier molecular flexibility index (Phi) is 5.01. The predicted octanol–water partition coefficient (Wildman–Crippen LogP) is 6.32. The fourth-order valence-corrected chi connectivity index (χ4v) is 4.18. The van der Waals surface area contributed by atoms with Gasteiger partial charge in [0.1, 0.15) is 5.56 Å². The summed E-state index contributed by atoms with van der Waals surface area (Å²) in [5.41, 5.74) is -1.91. The monoisotopic (exact) mass is 424 g/mol. The van der Waals surface area contributed by atoms with Gasteiger partial charge >= 0.3 is 12.1 Å². The van der Waals surface area contributed by atoms with Gasteiger partial charge in [0.25, 0.3) is 0 Å². The van der Waals surface area contributed by atoms with Crippen molar-refractivity contribution in [1.29, 1.82) is 0 Å². The van der Waals surface area contributed by atoms with Crippen molar-refractivity contribution in [3.63, 3.8) is 0 Å². The number of alkyl halides is 3. The van der Waals surface area contributed by atoms with E-state index in [-0.39, 0.29) is 36.0 Å². The van der Waals surface area contributed by atoms with E-state index in [9.17, 15) is 23.1 Å². The molecule has 0 saturated heterocycles. The molecule has 2 aliphatic rings. The molecule has 0 aliphatic heterocycles. The van der Waals surface area contributed by atoms with E-state index in [1.165, 1.54) is 6.07 Å². The number of hydrogen-bond donors (Lipinski definition) is 1. The van der Waals surface area contributed by atoms with Crippen LogP contribution in [0.25, 0.3) is 11.1 Å². The highest BCUT2D eigenvalue weighted by Crippen LogP contribution is 2.55. The highest BCUT2D eigenvalue weighted by Gasteiger charge is 2.52. The molecule has 0 bridgehead atoms. The van der Waals surface area contributed by atoms with Crippen molar-refractivity contribution < 1.29 is 27.8 Å². The lowest BCUT2D eigenvalue weighted by Crippen LogP contribution is -2.44. The van der Waals surface area contributed by atoms with Gasteiger partial charge in [0, 0.05) is 5.56 Å². The van der Waals surface area contributed by atoms with Crippen LogP contribution in [0.4, 0.5) is 13.2 Å². The van der Waals surface area contributed by atoms with Gasteiger partial charge in [-0.25, -0.2) is 0 Å². The van der Waals surface area contributed by atoms with E-state index >= 15 is 0 Å². The van der Waals surface area contributed by atoms with E-state index in [1.54, 1.807) is 30.3 Å². The van der Waals surface area contributed by atoms with Crippen molar-refractivity contribution in [2.45, 2.75) is 43.7 Å². The van der Waals surface area contributed by atoms with Crippen molar-refractivity contribution in [2.24, 2.45) is 5.92 Å². The summed E-state index contributed by atoms with van der Waals surface area (Å²) in [5.74, 6) is -1.48. The van der Waals surface area contributed by atoms with Crippen molar-refractivity contribution in [2.75, 3.05) is 6.61 Å². The summed E-state index contributed by atoms with van der Waals surface area (Å²) in [5, 5.41) is 9.70. The number of benzene rings is 2. The summed E-state index contributed by atoms with van der Waals surface area (Å²) >= 11 is 6.45. The number of carbonyl (C=O) groups is 1. The Bertz CT molecular complexity index is 933. The molecule has 0 aromatic heterocycles. The van der Waals surface area contributed by atoms with Crippen LogP contribution in [-0.2, 0) is 16.4 Å². The first kappa shape index (κ1) is 20.1. The molecule has 0 radical (unpaired) electrons. The van der Waals surface area contributed by atoms with Gasteiger partial charge < -0.3 is 9.84 Å². The minimum absolute atomic E-state index is 0.132. The zero-order valence-electron chi connectivity index (χ0n) is 15.6. The van der Waals surface area contributed by atoms with Crippen LogP contribution in [0.3, 0.4) is 0 Å². The second-order valence-corrected chi connectivity index (χ2v) is 8.23.